The summed E-state index contributed by atoms with van der Waals surface area (Å²) in [6.45, 7) is 14.0. The average molecular weight is 295 g/mol. The third kappa shape index (κ3) is 4.64. The Bertz CT molecular complexity index is 398. The lowest BCUT2D eigenvalue weighted by Gasteiger charge is -2.31. The minimum atomic E-state index is -2.12. The van der Waals surface area contributed by atoms with E-state index in [4.69, 9.17) is 8.85 Å². The van der Waals surface area contributed by atoms with Crippen LogP contribution in [0.2, 0.25) is 12.1 Å². The molecule has 0 heterocycles. The highest BCUT2D eigenvalue weighted by Gasteiger charge is 2.36. The first-order chi connectivity index (χ1) is 9.44. The topological polar surface area (TPSA) is 18.5 Å². The van der Waals surface area contributed by atoms with Crippen LogP contribution in [0.15, 0.2) is 24.3 Å². The second kappa shape index (κ2) is 7.84. The zero-order valence-corrected chi connectivity index (χ0v) is 14.9. The van der Waals surface area contributed by atoms with Crippen molar-refractivity contribution < 1.29 is 8.85 Å². The molecule has 0 N–H and O–H groups in total. The Morgan fingerprint density at radius 1 is 1.00 bits per heavy atom. The monoisotopic (exact) mass is 294 g/mol. The third-order valence-electron chi connectivity index (χ3n) is 3.59. The first-order valence-electron chi connectivity index (χ1n) is 7.86. The molecule has 0 aliphatic carbocycles. The van der Waals surface area contributed by atoms with Crippen molar-refractivity contribution in [2.45, 2.75) is 59.5 Å². The van der Waals surface area contributed by atoms with Gasteiger partial charge in [-0.3, -0.25) is 0 Å². The van der Waals surface area contributed by atoms with Crippen LogP contribution in [0.3, 0.4) is 0 Å². The maximum Gasteiger partial charge on any atom is 0.398 e. The van der Waals surface area contributed by atoms with Gasteiger partial charge in [-0.2, -0.15) is 0 Å². The van der Waals surface area contributed by atoms with Gasteiger partial charge in [0.2, 0.25) is 0 Å². The normalized spacial score (nSPS) is 12.2. The Morgan fingerprint density at radius 2 is 1.60 bits per heavy atom. The van der Waals surface area contributed by atoms with E-state index in [2.05, 4.69) is 59.7 Å². The summed E-state index contributed by atoms with van der Waals surface area (Å²) in [6.07, 6.45) is 0. The number of hydrogen-bond acceptors (Lipinski definition) is 2. The summed E-state index contributed by atoms with van der Waals surface area (Å²) in [5.74, 6) is 2.03. The lowest BCUT2D eigenvalue weighted by molar-refractivity contribution is 0.206. The molecule has 0 bridgehead atoms. The molecule has 20 heavy (non-hydrogen) atoms. The Balaban J connectivity index is 2.95. The van der Waals surface area contributed by atoms with E-state index in [-0.39, 0.29) is 0 Å². The van der Waals surface area contributed by atoms with E-state index in [0.717, 1.165) is 24.4 Å². The molecule has 0 atom stereocenters. The average Bonchev–Trinajstić information content (AvgIpc) is 2.43. The zero-order chi connectivity index (χ0) is 15.2. The van der Waals surface area contributed by atoms with E-state index in [1.165, 1.54) is 5.56 Å². The van der Waals surface area contributed by atoms with Crippen LogP contribution in [0.4, 0.5) is 0 Å². The second-order valence-corrected chi connectivity index (χ2v) is 9.85. The zero-order valence-electron chi connectivity index (χ0n) is 13.9. The number of para-hydroxylation sites is 1. The van der Waals surface area contributed by atoms with Crippen molar-refractivity contribution in [3.63, 3.8) is 0 Å². The fourth-order valence-corrected chi connectivity index (χ4v) is 4.68. The molecule has 1 rings (SSSR count). The first kappa shape index (κ1) is 17.2. The first-order valence-corrected chi connectivity index (χ1v) is 10.1. The van der Waals surface area contributed by atoms with Crippen molar-refractivity contribution >= 4 is 8.56 Å². The predicted octanol–water partition coefficient (Wildman–Crippen LogP) is 5.34. The molecule has 0 spiro atoms. The largest absolute Gasteiger partial charge is 0.520 e. The minimum absolute atomic E-state index is 0.469. The highest BCUT2D eigenvalue weighted by Crippen LogP contribution is 2.31. The maximum atomic E-state index is 6.46. The summed E-state index contributed by atoms with van der Waals surface area (Å²) in [7, 11) is -2.12. The summed E-state index contributed by atoms with van der Waals surface area (Å²) in [6, 6.07) is 10.4. The van der Waals surface area contributed by atoms with Crippen molar-refractivity contribution in [1.82, 2.24) is 0 Å². The van der Waals surface area contributed by atoms with E-state index < -0.39 is 8.56 Å². The third-order valence-corrected chi connectivity index (χ3v) is 7.03. The summed E-state index contributed by atoms with van der Waals surface area (Å²) in [5.41, 5.74) is 1.28. The van der Waals surface area contributed by atoms with E-state index in [1.54, 1.807) is 0 Å². The molecule has 0 saturated heterocycles. The second-order valence-electron chi connectivity index (χ2n) is 6.12. The lowest BCUT2D eigenvalue weighted by Crippen LogP contribution is -2.45. The number of hydrogen-bond donors (Lipinski definition) is 0. The van der Waals surface area contributed by atoms with Crippen LogP contribution >= 0.6 is 0 Å². The molecule has 0 aliphatic rings. The quantitative estimate of drug-likeness (QED) is 0.602. The molecule has 0 fully saturated rings. The highest BCUT2D eigenvalue weighted by atomic mass is 28.4. The summed E-state index contributed by atoms with van der Waals surface area (Å²) in [5, 5.41) is 0. The van der Waals surface area contributed by atoms with Gasteiger partial charge in [-0.15, -0.1) is 0 Å². The smallest absolute Gasteiger partial charge is 0.398 e. The molecule has 114 valence electrons. The fourth-order valence-electron chi connectivity index (χ4n) is 2.20. The lowest BCUT2D eigenvalue weighted by atomic mass is 10.0. The van der Waals surface area contributed by atoms with E-state index in [9.17, 15) is 0 Å². The van der Waals surface area contributed by atoms with Crippen LogP contribution in [-0.2, 0) is 4.43 Å². The van der Waals surface area contributed by atoms with Gasteiger partial charge in [0.1, 0.15) is 5.75 Å². The van der Waals surface area contributed by atoms with Crippen molar-refractivity contribution in [2.75, 3.05) is 6.61 Å². The molecule has 0 amide bonds. The maximum absolute atomic E-state index is 6.46. The molecule has 0 saturated carbocycles. The molecule has 0 aromatic heterocycles. The van der Waals surface area contributed by atoms with Crippen molar-refractivity contribution in [2.24, 2.45) is 5.92 Å². The number of benzene rings is 1. The van der Waals surface area contributed by atoms with Gasteiger partial charge in [0.05, 0.1) is 0 Å². The molecule has 0 unspecified atom stereocenters. The molecule has 1 aromatic carbocycles. The van der Waals surface area contributed by atoms with Gasteiger partial charge in [0.15, 0.2) is 0 Å². The standard InChI is InChI=1S/C17H30O2Si/c1-7-20(8-2,18-13-14(3)4)19-17-12-10-9-11-16(17)15(5)6/h9-12,14-15H,7-8,13H2,1-6H3. The van der Waals surface area contributed by atoms with Crippen LogP contribution in [0.5, 0.6) is 5.75 Å². The fraction of sp³-hybridized carbons (Fsp3) is 0.647. The van der Waals surface area contributed by atoms with Gasteiger partial charge in [-0.25, -0.2) is 0 Å². The Hall–Kier alpha value is -0.803. The molecular weight excluding hydrogens is 264 g/mol. The molecule has 0 radical (unpaired) electrons. The number of rotatable bonds is 8. The molecule has 2 nitrogen and oxygen atoms in total. The van der Waals surface area contributed by atoms with Gasteiger partial charge >= 0.3 is 8.56 Å². The van der Waals surface area contributed by atoms with E-state index in [1.807, 2.05) is 6.07 Å². The highest BCUT2D eigenvalue weighted by molar-refractivity contribution is 6.68. The summed E-state index contributed by atoms with van der Waals surface area (Å²) < 4.78 is 12.7. The molecular formula is C17H30O2Si. The van der Waals surface area contributed by atoms with Crippen molar-refractivity contribution in [3.05, 3.63) is 29.8 Å². The van der Waals surface area contributed by atoms with Crippen molar-refractivity contribution in [1.29, 1.82) is 0 Å². The summed E-state index contributed by atoms with van der Waals surface area (Å²) in [4.78, 5) is 0. The van der Waals surface area contributed by atoms with E-state index >= 15 is 0 Å². The van der Waals surface area contributed by atoms with Gasteiger partial charge in [-0.05, 0) is 35.6 Å². The van der Waals surface area contributed by atoms with Gasteiger partial charge in [0.25, 0.3) is 0 Å². The van der Waals surface area contributed by atoms with Crippen LogP contribution < -0.4 is 4.43 Å². The van der Waals surface area contributed by atoms with Crippen LogP contribution in [-0.4, -0.2) is 15.2 Å². The van der Waals surface area contributed by atoms with Gasteiger partial charge < -0.3 is 8.85 Å². The van der Waals surface area contributed by atoms with E-state index in [0.29, 0.717) is 11.8 Å². The SMILES string of the molecule is CC[Si](CC)(OCC(C)C)Oc1ccccc1C(C)C. The Morgan fingerprint density at radius 3 is 2.10 bits per heavy atom. The Labute approximate surface area is 125 Å². The van der Waals surface area contributed by atoms with Crippen LogP contribution in [0, 0.1) is 5.92 Å². The molecule has 1 aromatic rings. The molecule has 0 aliphatic heterocycles. The molecule has 3 heteroatoms. The predicted molar refractivity (Wildman–Crippen MR) is 88.7 cm³/mol. The van der Waals surface area contributed by atoms with Crippen molar-refractivity contribution in [3.8, 4) is 5.75 Å². The van der Waals surface area contributed by atoms with Crippen LogP contribution in [0.1, 0.15) is 53.0 Å². The van der Waals surface area contributed by atoms with Crippen LogP contribution in [0.25, 0.3) is 0 Å². The minimum Gasteiger partial charge on any atom is -0.520 e. The Kier molecular flexibility index (Phi) is 6.76. The summed E-state index contributed by atoms with van der Waals surface area (Å²) >= 11 is 0. The van der Waals surface area contributed by atoms with Gasteiger partial charge in [-0.1, -0.05) is 59.7 Å². The van der Waals surface area contributed by atoms with Gasteiger partial charge in [0, 0.05) is 6.61 Å².